The molecule has 1 atom stereocenters. The van der Waals surface area contributed by atoms with Crippen LogP contribution in [0.1, 0.15) is 53.9 Å². The number of carboxylic acid groups (broad SMARTS) is 2. The van der Waals surface area contributed by atoms with E-state index in [1.54, 1.807) is 0 Å². The van der Waals surface area contributed by atoms with E-state index in [0.29, 0.717) is 5.92 Å². The summed E-state index contributed by atoms with van der Waals surface area (Å²) < 4.78 is 1.33. The zero-order valence-corrected chi connectivity index (χ0v) is 18.1. The molecule has 0 saturated heterocycles. The maximum Gasteiger partial charge on any atom is 0.414 e. The molecule has 0 heterocycles. The third-order valence-electron chi connectivity index (χ3n) is 5.10. The summed E-state index contributed by atoms with van der Waals surface area (Å²) in [7, 11) is 0. The van der Waals surface area contributed by atoms with E-state index in [1.807, 2.05) is 0 Å². The van der Waals surface area contributed by atoms with Gasteiger partial charge in [-0.1, -0.05) is 42.5 Å². The van der Waals surface area contributed by atoms with Crippen LogP contribution < -0.4 is 5.32 Å². The van der Waals surface area contributed by atoms with Gasteiger partial charge in [0.1, 0.15) is 0 Å². The highest BCUT2D eigenvalue weighted by Gasteiger charge is 2.23. The Bertz CT molecular complexity index is 909. The largest absolute Gasteiger partial charge is 0.473 e. The highest BCUT2D eigenvalue weighted by Crippen LogP contribution is 2.38. The minimum atomic E-state index is -1.82. The highest BCUT2D eigenvalue weighted by atomic mass is 127. The van der Waals surface area contributed by atoms with Gasteiger partial charge < -0.3 is 15.5 Å². The number of halogens is 1. The summed E-state index contributed by atoms with van der Waals surface area (Å²) in [4.78, 5) is 18.2. The third kappa shape index (κ3) is 6.14. The molecule has 4 rings (SSSR count). The molecule has 152 valence electrons. The summed E-state index contributed by atoms with van der Waals surface area (Å²) in [6.45, 7) is 1.15. The Balaban J connectivity index is 0.000000353. The molecule has 2 aliphatic rings. The van der Waals surface area contributed by atoms with E-state index < -0.39 is 11.9 Å². The highest BCUT2D eigenvalue weighted by molar-refractivity contribution is 14.1. The lowest BCUT2D eigenvalue weighted by atomic mass is 9.84. The smallest absolute Gasteiger partial charge is 0.414 e. The number of hydrogen-bond donors (Lipinski definition) is 3. The number of aliphatic carboxylic acids is 2. The van der Waals surface area contributed by atoms with Gasteiger partial charge in [-0.15, -0.1) is 0 Å². The topological polar surface area (TPSA) is 86.6 Å². The lowest BCUT2D eigenvalue weighted by Gasteiger charge is -2.21. The van der Waals surface area contributed by atoms with E-state index >= 15 is 0 Å². The molecule has 3 N–H and O–H groups in total. The van der Waals surface area contributed by atoms with Crippen molar-refractivity contribution in [2.45, 2.75) is 37.6 Å². The van der Waals surface area contributed by atoms with Gasteiger partial charge in [0.05, 0.1) is 0 Å². The number of fused-ring (bicyclic) bond motifs is 2. The molecule has 0 amide bonds. The molecule has 2 aromatic rings. The Morgan fingerprint density at radius 3 is 2.28 bits per heavy atom. The van der Waals surface area contributed by atoms with Crippen LogP contribution in [-0.4, -0.2) is 34.7 Å². The first-order valence-electron chi connectivity index (χ1n) is 9.71. The molecule has 0 bridgehead atoms. The summed E-state index contributed by atoms with van der Waals surface area (Å²) in [5.74, 6) is -3.14. The van der Waals surface area contributed by atoms with Crippen LogP contribution in [0.15, 0.2) is 42.5 Å². The van der Waals surface area contributed by atoms with Crippen molar-refractivity contribution in [3.05, 3.63) is 68.3 Å². The van der Waals surface area contributed by atoms with E-state index in [1.165, 1.54) is 51.5 Å². The van der Waals surface area contributed by atoms with Crippen LogP contribution in [0.4, 0.5) is 0 Å². The van der Waals surface area contributed by atoms with Crippen molar-refractivity contribution in [2.24, 2.45) is 0 Å². The Hall–Kier alpha value is -2.19. The molecular weight excluding hydrogens is 481 g/mol. The zero-order chi connectivity index (χ0) is 20.8. The molecule has 1 unspecified atom stereocenters. The second-order valence-electron chi connectivity index (χ2n) is 7.27. The molecule has 0 aliphatic heterocycles. The average molecular weight is 505 g/mol. The Labute approximate surface area is 184 Å². The predicted molar refractivity (Wildman–Crippen MR) is 122 cm³/mol. The number of benzene rings is 2. The molecule has 0 radical (unpaired) electrons. The van der Waals surface area contributed by atoms with Crippen LogP contribution in [0.2, 0.25) is 0 Å². The van der Waals surface area contributed by atoms with Crippen LogP contribution in [0.3, 0.4) is 0 Å². The maximum atomic E-state index is 9.10. The van der Waals surface area contributed by atoms with E-state index in [2.05, 4.69) is 82.5 Å². The first-order chi connectivity index (χ1) is 14.0. The molecule has 6 heteroatoms. The lowest BCUT2D eigenvalue weighted by molar-refractivity contribution is -0.159. The molecule has 0 spiro atoms. The van der Waals surface area contributed by atoms with Gasteiger partial charge in [0.15, 0.2) is 0 Å². The fourth-order valence-corrected chi connectivity index (χ4v) is 4.05. The van der Waals surface area contributed by atoms with Crippen LogP contribution in [0.5, 0.6) is 0 Å². The number of rotatable bonds is 5. The van der Waals surface area contributed by atoms with Crippen LogP contribution in [-0.2, 0) is 9.59 Å². The summed E-state index contributed by atoms with van der Waals surface area (Å²) >= 11 is 2.43. The minimum Gasteiger partial charge on any atom is -0.473 e. The normalized spacial score (nSPS) is 16.7. The summed E-state index contributed by atoms with van der Waals surface area (Å²) in [6, 6.07) is 16.6. The van der Waals surface area contributed by atoms with Crippen molar-refractivity contribution < 1.29 is 19.8 Å². The molecule has 0 aromatic heterocycles. The van der Waals surface area contributed by atoms with Gasteiger partial charge in [0.2, 0.25) is 0 Å². The number of carbonyl (C=O) groups is 2. The van der Waals surface area contributed by atoms with Gasteiger partial charge >= 0.3 is 11.9 Å². The monoisotopic (exact) mass is 505 g/mol. The SMILES string of the molecule is Ic1ccc2c(c1)C(CCCNC1CC1)c1ccccc1C=C2.O=C(O)C(=O)O. The van der Waals surface area contributed by atoms with Crippen molar-refractivity contribution in [3.8, 4) is 0 Å². The van der Waals surface area contributed by atoms with Crippen molar-refractivity contribution in [3.63, 3.8) is 0 Å². The maximum absolute atomic E-state index is 9.10. The van der Waals surface area contributed by atoms with Crippen LogP contribution in [0, 0.1) is 3.57 Å². The lowest BCUT2D eigenvalue weighted by Crippen LogP contribution is -2.18. The second-order valence-corrected chi connectivity index (χ2v) is 8.51. The Morgan fingerprint density at radius 1 is 0.966 bits per heavy atom. The van der Waals surface area contributed by atoms with E-state index in [4.69, 9.17) is 19.8 Å². The van der Waals surface area contributed by atoms with Crippen molar-refractivity contribution in [1.82, 2.24) is 5.32 Å². The predicted octanol–water partition coefficient (Wildman–Crippen LogP) is 4.59. The first-order valence-corrected chi connectivity index (χ1v) is 10.8. The second kappa shape index (κ2) is 10.0. The first kappa shape index (κ1) is 21.5. The molecule has 2 aliphatic carbocycles. The summed E-state index contributed by atoms with van der Waals surface area (Å²) in [5.41, 5.74) is 5.72. The molecular formula is C23H24INO4. The molecule has 1 fully saturated rings. The van der Waals surface area contributed by atoms with Gasteiger partial charge in [-0.2, -0.15) is 0 Å². The molecule has 2 aromatic carbocycles. The van der Waals surface area contributed by atoms with E-state index in [-0.39, 0.29) is 0 Å². The van der Waals surface area contributed by atoms with Crippen LogP contribution in [0.25, 0.3) is 12.2 Å². The van der Waals surface area contributed by atoms with Crippen molar-refractivity contribution >= 4 is 46.7 Å². The van der Waals surface area contributed by atoms with Gasteiger partial charge in [0.25, 0.3) is 0 Å². The zero-order valence-electron chi connectivity index (χ0n) is 16.0. The summed E-state index contributed by atoms with van der Waals surface area (Å²) in [6.07, 6.45) is 9.76. The van der Waals surface area contributed by atoms with E-state index in [0.717, 1.165) is 12.6 Å². The van der Waals surface area contributed by atoms with Crippen molar-refractivity contribution in [1.29, 1.82) is 0 Å². The van der Waals surface area contributed by atoms with Gasteiger partial charge in [-0.25, -0.2) is 9.59 Å². The van der Waals surface area contributed by atoms with Gasteiger partial charge in [-0.3, -0.25) is 0 Å². The number of nitrogens with one attached hydrogen (secondary N) is 1. The third-order valence-corrected chi connectivity index (χ3v) is 5.77. The Morgan fingerprint density at radius 2 is 1.62 bits per heavy atom. The average Bonchev–Trinajstić information content (AvgIpc) is 3.53. The van der Waals surface area contributed by atoms with Crippen LogP contribution >= 0.6 is 22.6 Å². The number of hydrogen-bond acceptors (Lipinski definition) is 3. The van der Waals surface area contributed by atoms with E-state index in [9.17, 15) is 0 Å². The standard InChI is InChI=1S/C21H22IN.C2H2O4/c22-17-10-9-16-8-7-15-4-1-2-5-19(15)20(21(16)14-17)6-3-13-23-18-11-12-18;3-1(4)2(5)6/h1-2,4-5,7-10,14,18,20,23H,3,6,11-13H2;(H,3,4)(H,5,6). The van der Waals surface area contributed by atoms with Gasteiger partial charge in [-0.05, 0) is 89.2 Å². The van der Waals surface area contributed by atoms with Gasteiger partial charge in [0, 0.05) is 15.5 Å². The summed E-state index contributed by atoms with van der Waals surface area (Å²) in [5, 5.41) is 18.4. The van der Waals surface area contributed by atoms with Crippen molar-refractivity contribution in [2.75, 3.05) is 6.54 Å². The number of carboxylic acids is 2. The molecule has 5 nitrogen and oxygen atoms in total. The minimum absolute atomic E-state index is 0.506. The molecule has 29 heavy (non-hydrogen) atoms. The fourth-order valence-electron chi connectivity index (χ4n) is 3.54. The Kier molecular flexibility index (Phi) is 7.44. The molecule has 1 saturated carbocycles. The fraction of sp³-hybridized carbons (Fsp3) is 0.304. The quantitative estimate of drug-likeness (QED) is 0.314.